The largest absolute Gasteiger partial charge is 0.453 e. The maximum Gasteiger partial charge on any atom is 0.406 e. The summed E-state index contributed by atoms with van der Waals surface area (Å²) in [7, 11) is 1.30. The van der Waals surface area contributed by atoms with Crippen molar-refractivity contribution in [2.24, 2.45) is 0 Å². The normalized spacial score (nSPS) is 11.0. The smallest absolute Gasteiger partial charge is 0.406 e. The molecule has 7 heteroatoms. The van der Waals surface area contributed by atoms with Gasteiger partial charge in [-0.15, -0.1) is 33.2 Å². The van der Waals surface area contributed by atoms with Gasteiger partial charge in [-0.1, -0.05) is 0 Å². The van der Waals surface area contributed by atoms with Gasteiger partial charge >= 0.3 is 12.1 Å². The van der Waals surface area contributed by atoms with Crippen molar-refractivity contribution in [3.05, 3.63) is 0 Å². The van der Waals surface area contributed by atoms with Crippen molar-refractivity contribution < 1.29 is 9.53 Å². The second kappa shape index (κ2) is 5.91. The van der Waals surface area contributed by atoms with E-state index in [0.29, 0.717) is 19.0 Å². The Balaban J connectivity index is 3.28. The Morgan fingerprint density at radius 3 is 2.50 bits per heavy atom. The number of halogens is 3. The molecule has 0 aromatic rings. The van der Waals surface area contributed by atoms with Crippen molar-refractivity contribution in [2.75, 3.05) is 13.7 Å². The number of methoxy groups -OCH3 is 1. The van der Waals surface area contributed by atoms with Crippen molar-refractivity contribution in [3.63, 3.8) is 0 Å². The zero-order valence-corrected chi connectivity index (χ0v) is 9.84. The SMILES string of the molecule is COC(=O)NCCC[Si](Cl)(Cl)Cl. The average molecular weight is 251 g/mol. The van der Waals surface area contributed by atoms with Crippen LogP contribution >= 0.6 is 33.2 Å². The van der Waals surface area contributed by atoms with Crippen LogP contribution in [-0.4, -0.2) is 25.8 Å². The number of carbonyl (C=O) groups excluding carboxylic acids is 1. The molecule has 0 saturated heterocycles. The first-order valence-electron chi connectivity index (χ1n) is 3.34. The molecule has 0 unspecified atom stereocenters. The van der Waals surface area contributed by atoms with Gasteiger partial charge in [0.15, 0.2) is 0 Å². The van der Waals surface area contributed by atoms with E-state index in [-0.39, 0.29) is 0 Å². The summed E-state index contributed by atoms with van der Waals surface area (Å²) in [6, 6.07) is -1.97. The van der Waals surface area contributed by atoms with Gasteiger partial charge in [-0.2, -0.15) is 0 Å². The fourth-order valence-corrected chi connectivity index (χ4v) is 2.33. The third-order valence-corrected chi connectivity index (χ3v) is 3.71. The highest BCUT2D eigenvalue weighted by Crippen LogP contribution is 2.25. The number of ether oxygens (including phenoxy) is 1. The first kappa shape index (κ1) is 12.4. The topological polar surface area (TPSA) is 38.3 Å². The monoisotopic (exact) mass is 249 g/mol. The van der Waals surface area contributed by atoms with Crippen molar-refractivity contribution in [3.8, 4) is 0 Å². The number of amides is 1. The summed E-state index contributed by atoms with van der Waals surface area (Å²) >= 11 is 16.8. The van der Waals surface area contributed by atoms with Crippen LogP contribution in [0.25, 0.3) is 0 Å². The summed E-state index contributed by atoms with van der Waals surface area (Å²) in [5, 5.41) is 2.49. The third-order valence-electron chi connectivity index (χ3n) is 1.09. The van der Waals surface area contributed by atoms with E-state index in [1.165, 1.54) is 7.11 Å². The molecule has 0 aliphatic rings. The van der Waals surface area contributed by atoms with Crippen LogP contribution in [0.1, 0.15) is 6.42 Å². The van der Waals surface area contributed by atoms with E-state index in [4.69, 9.17) is 33.2 Å². The molecule has 0 fully saturated rings. The molecule has 0 heterocycles. The first-order chi connectivity index (χ1) is 5.45. The number of alkyl carbamates (subject to hydrolysis) is 1. The number of hydrogen-bond donors (Lipinski definition) is 1. The Morgan fingerprint density at radius 1 is 1.50 bits per heavy atom. The maximum atomic E-state index is 10.5. The standard InChI is InChI=1S/C5H10Cl3NO2Si/c1-11-5(10)9-3-2-4-12(6,7)8/h2-4H2,1H3,(H,9,10). The fourth-order valence-electron chi connectivity index (χ4n) is 0.551. The van der Waals surface area contributed by atoms with Gasteiger partial charge in [-0.3, -0.25) is 0 Å². The summed E-state index contributed by atoms with van der Waals surface area (Å²) in [5.74, 6) is 0. The molecule has 0 aliphatic heterocycles. The quantitative estimate of drug-likeness (QED) is 0.473. The van der Waals surface area contributed by atoms with E-state index in [9.17, 15) is 4.79 Å². The molecule has 0 aromatic heterocycles. The summed E-state index contributed by atoms with van der Waals surface area (Å²) in [4.78, 5) is 10.5. The predicted octanol–water partition coefficient (Wildman–Crippen LogP) is 2.39. The van der Waals surface area contributed by atoms with Gasteiger partial charge in [0.05, 0.1) is 7.11 Å². The van der Waals surface area contributed by atoms with Crippen molar-refractivity contribution in [2.45, 2.75) is 12.5 Å². The zero-order valence-electron chi connectivity index (χ0n) is 6.57. The molecule has 1 amide bonds. The molecule has 0 rings (SSSR count). The number of hydrogen-bond acceptors (Lipinski definition) is 2. The van der Waals surface area contributed by atoms with Crippen LogP contribution in [0.4, 0.5) is 4.79 Å². The molecule has 0 radical (unpaired) electrons. The molecule has 3 nitrogen and oxygen atoms in total. The van der Waals surface area contributed by atoms with Gasteiger partial charge < -0.3 is 10.1 Å². The minimum absolute atomic E-state index is 0.457. The summed E-state index contributed by atoms with van der Waals surface area (Å²) < 4.78 is 4.34. The van der Waals surface area contributed by atoms with Crippen molar-refractivity contribution in [1.29, 1.82) is 0 Å². The summed E-state index contributed by atoms with van der Waals surface area (Å²) in [5.41, 5.74) is 0. The highest BCUT2D eigenvalue weighted by Gasteiger charge is 2.23. The highest BCUT2D eigenvalue weighted by molar-refractivity contribution is 7.64. The molecule has 12 heavy (non-hydrogen) atoms. The van der Waals surface area contributed by atoms with Crippen LogP contribution in [0.2, 0.25) is 6.04 Å². The highest BCUT2D eigenvalue weighted by atomic mass is 35.8. The number of carbonyl (C=O) groups is 1. The van der Waals surface area contributed by atoms with Gasteiger partial charge in [0.25, 0.3) is 0 Å². The predicted molar refractivity (Wildman–Crippen MR) is 53.1 cm³/mol. The summed E-state index contributed by atoms with van der Waals surface area (Å²) in [6.45, 7) is 0.480. The molecular weight excluding hydrogens is 241 g/mol. The fraction of sp³-hybridized carbons (Fsp3) is 0.800. The van der Waals surface area contributed by atoms with Crippen LogP contribution in [0.15, 0.2) is 0 Å². The first-order valence-corrected chi connectivity index (χ1v) is 8.58. The van der Waals surface area contributed by atoms with Gasteiger partial charge in [-0.05, 0) is 12.5 Å². The van der Waals surface area contributed by atoms with Gasteiger partial charge in [0, 0.05) is 6.54 Å². The van der Waals surface area contributed by atoms with Gasteiger partial charge in [0.1, 0.15) is 0 Å². The minimum Gasteiger partial charge on any atom is -0.453 e. The van der Waals surface area contributed by atoms with Crippen molar-refractivity contribution >= 4 is 45.3 Å². The lowest BCUT2D eigenvalue weighted by Gasteiger charge is -2.07. The molecule has 0 aliphatic carbocycles. The van der Waals surface area contributed by atoms with E-state index < -0.39 is 12.1 Å². The molecule has 0 spiro atoms. The van der Waals surface area contributed by atoms with Crippen LogP contribution in [-0.2, 0) is 4.74 Å². The average Bonchev–Trinajstić information content (AvgIpc) is 1.96. The van der Waals surface area contributed by atoms with Crippen LogP contribution < -0.4 is 5.32 Å². The number of rotatable bonds is 4. The Kier molecular flexibility index (Phi) is 6.09. The van der Waals surface area contributed by atoms with E-state index in [2.05, 4.69) is 10.1 Å². The second-order valence-electron chi connectivity index (χ2n) is 2.14. The molecule has 0 bridgehead atoms. The minimum atomic E-state index is -2.51. The zero-order chi connectivity index (χ0) is 9.61. The van der Waals surface area contributed by atoms with E-state index in [1.807, 2.05) is 0 Å². The Labute approximate surface area is 86.4 Å². The van der Waals surface area contributed by atoms with E-state index in [0.717, 1.165) is 0 Å². The van der Waals surface area contributed by atoms with Gasteiger partial charge in [-0.25, -0.2) is 4.79 Å². The summed E-state index contributed by atoms with van der Waals surface area (Å²) in [6.07, 6.45) is 0.207. The Morgan fingerprint density at radius 2 is 2.08 bits per heavy atom. The Hall–Kier alpha value is 0.357. The lowest BCUT2D eigenvalue weighted by molar-refractivity contribution is 0.171. The van der Waals surface area contributed by atoms with E-state index in [1.54, 1.807) is 0 Å². The van der Waals surface area contributed by atoms with Crippen molar-refractivity contribution in [1.82, 2.24) is 5.32 Å². The molecule has 0 atom stereocenters. The molecule has 72 valence electrons. The van der Waals surface area contributed by atoms with Crippen LogP contribution in [0, 0.1) is 0 Å². The molecule has 0 aromatic carbocycles. The molecule has 0 saturated carbocycles. The maximum absolute atomic E-state index is 10.5. The lowest BCUT2D eigenvalue weighted by Crippen LogP contribution is -2.25. The van der Waals surface area contributed by atoms with E-state index >= 15 is 0 Å². The second-order valence-corrected chi connectivity index (χ2v) is 11.4. The van der Waals surface area contributed by atoms with Crippen LogP contribution in [0.3, 0.4) is 0 Å². The third kappa shape index (κ3) is 8.45. The van der Waals surface area contributed by atoms with Crippen LogP contribution in [0.5, 0.6) is 0 Å². The Bertz CT molecular complexity index is 150. The van der Waals surface area contributed by atoms with Gasteiger partial charge in [0.2, 0.25) is 0 Å². The lowest BCUT2D eigenvalue weighted by atomic mass is 10.5. The number of nitrogens with one attached hydrogen (secondary N) is 1. The molecule has 1 N–H and O–H groups in total. The molecular formula is C5H10Cl3NO2Si.